The highest BCUT2D eigenvalue weighted by atomic mass is 32.2. The first-order valence-corrected chi connectivity index (χ1v) is 11.7. The minimum absolute atomic E-state index is 0.247. The number of ketones is 1. The van der Waals surface area contributed by atoms with Gasteiger partial charge in [-0.1, -0.05) is 0 Å². The van der Waals surface area contributed by atoms with Gasteiger partial charge in [0.25, 0.3) is 0 Å². The zero-order chi connectivity index (χ0) is 20.8. The monoisotopic (exact) mass is 428 g/mol. The number of thioether (sulfide) groups is 2. The molecule has 0 fully saturated rings. The maximum atomic E-state index is 11.9. The predicted molar refractivity (Wildman–Crippen MR) is 113 cm³/mol. The van der Waals surface area contributed by atoms with E-state index in [0.717, 1.165) is 23.0 Å². The van der Waals surface area contributed by atoms with Crippen LogP contribution in [0, 0.1) is 0 Å². The molecule has 0 saturated carbocycles. The van der Waals surface area contributed by atoms with Crippen molar-refractivity contribution in [2.24, 2.45) is 9.98 Å². The fourth-order valence-electron chi connectivity index (χ4n) is 2.46. The largest absolute Gasteiger partial charge is 0.410 e. The topological polar surface area (TPSA) is 94.4 Å². The summed E-state index contributed by atoms with van der Waals surface area (Å²) >= 11 is 3.33. The molecule has 28 heavy (non-hydrogen) atoms. The Hall–Kier alpha value is -1.35. The fourth-order valence-corrected chi connectivity index (χ4v) is 4.25. The van der Waals surface area contributed by atoms with Gasteiger partial charge in [-0.05, 0) is 27.7 Å². The van der Waals surface area contributed by atoms with Gasteiger partial charge in [0, 0.05) is 48.7 Å². The Balaban J connectivity index is 1.47. The third-order valence-corrected chi connectivity index (χ3v) is 6.17. The molecule has 2 heterocycles. The van der Waals surface area contributed by atoms with Crippen molar-refractivity contribution >= 4 is 53.0 Å². The summed E-state index contributed by atoms with van der Waals surface area (Å²) in [5.41, 5.74) is -1.54. The molecule has 2 aliphatic rings. The summed E-state index contributed by atoms with van der Waals surface area (Å²) in [5, 5.41) is 0. The van der Waals surface area contributed by atoms with Gasteiger partial charge in [-0.3, -0.25) is 4.79 Å². The van der Waals surface area contributed by atoms with Gasteiger partial charge in [-0.15, -0.1) is 0 Å². The molecular formula is C19H28N2O5S2. The highest BCUT2D eigenvalue weighted by Crippen LogP contribution is 2.22. The van der Waals surface area contributed by atoms with Gasteiger partial charge >= 0.3 is 11.9 Å². The predicted octanol–water partition coefficient (Wildman–Crippen LogP) is 3.05. The molecule has 0 aromatic heterocycles. The summed E-state index contributed by atoms with van der Waals surface area (Å²) in [6.45, 7) is 6.95. The van der Waals surface area contributed by atoms with E-state index in [1.165, 1.54) is 0 Å². The summed E-state index contributed by atoms with van der Waals surface area (Å²) in [5.74, 6) is 3.70. The van der Waals surface area contributed by atoms with Crippen LogP contribution >= 0.6 is 23.5 Å². The van der Waals surface area contributed by atoms with Crippen molar-refractivity contribution in [1.29, 1.82) is 0 Å². The summed E-state index contributed by atoms with van der Waals surface area (Å²) in [6, 6.07) is 0. The van der Waals surface area contributed by atoms with Gasteiger partial charge in [-0.2, -0.15) is 23.5 Å². The molecule has 0 aromatic carbocycles. The van der Waals surface area contributed by atoms with Crippen molar-refractivity contribution in [2.45, 2.75) is 64.5 Å². The van der Waals surface area contributed by atoms with Crippen molar-refractivity contribution in [2.75, 3.05) is 23.0 Å². The van der Waals surface area contributed by atoms with Crippen LogP contribution in [0.15, 0.2) is 9.98 Å². The van der Waals surface area contributed by atoms with E-state index >= 15 is 0 Å². The van der Waals surface area contributed by atoms with Gasteiger partial charge in [0.15, 0.2) is 22.9 Å². The number of ether oxygens (including phenoxy) is 2. The third kappa shape index (κ3) is 6.92. The van der Waals surface area contributed by atoms with Crippen LogP contribution < -0.4 is 0 Å². The van der Waals surface area contributed by atoms with E-state index in [9.17, 15) is 14.4 Å². The van der Waals surface area contributed by atoms with E-state index in [1.807, 2.05) is 0 Å². The Morgan fingerprint density at radius 2 is 1.18 bits per heavy atom. The molecule has 156 valence electrons. The molecule has 0 amide bonds. The molecule has 0 aromatic rings. The van der Waals surface area contributed by atoms with E-state index in [4.69, 9.17) is 9.47 Å². The Morgan fingerprint density at radius 1 is 0.786 bits per heavy atom. The second kappa shape index (κ2) is 9.91. The molecule has 0 bridgehead atoms. The highest BCUT2D eigenvalue weighted by molar-refractivity contribution is 7.99. The lowest BCUT2D eigenvalue weighted by Gasteiger charge is -2.05. The maximum Gasteiger partial charge on any atom is 0.340 e. The molecule has 9 heteroatoms. The molecular weight excluding hydrogens is 400 g/mol. The number of esters is 2. The van der Waals surface area contributed by atoms with Crippen molar-refractivity contribution in [1.82, 2.24) is 0 Å². The quantitative estimate of drug-likeness (QED) is 0.348. The van der Waals surface area contributed by atoms with E-state index in [1.54, 1.807) is 51.2 Å². The fraction of sp³-hybridized carbons (Fsp3) is 0.737. The minimum atomic E-state index is -0.768. The standard InChI is InChI=1S/C19H28N2O5S2/c1-18(2)16(23)25-14(20-18)7-11-27-9-5-13(22)6-10-28-12-8-15-21-19(3,4)17(24)26-15/h5-12H2,1-4H3. The summed E-state index contributed by atoms with van der Waals surface area (Å²) in [6.07, 6.45) is 2.30. The van der Waals surface area contributed by atoms with Crippen LogP contribution in [0.4, 0.5) is 0 Å². The van der Waals surface area contributed by atoms with Gasteiger partial charge in [0.1, 0.15) is 5.78 Å². The summed E-state index contributed by atoms with van der Waals surface area (Å²) < 4.78 is 10.3. The number of nitrogens with zero attached hydrogens (tertiary/aromatic N) is 2. The van der Waals surface area contributed by atoms with Crippen LogP contribution in [0.3, 0.4) is 0 Å². The van der Waals surface area contributed by atoms with Crippen molar-refractivity contribution < 1.29 is 23.9 Å². The number of aliphatic imine (C=N–C) groups is 2. The third-order valence-electron chi connectivity index (χ3n) is 4.20. The second-order valence-corrected chi connectivity index (χ2v) is 10.1. The number of rotatable bonds is 12. The first-order valence-electron chi connectivity index (χ1n) is 9.39. The number of Topliss-reactive ketones (excluding diaryl/α,β-unsaturated/α-hetero) is 1. The van der Waals surface area contributed by atoms with Gasteiger partial charge in [0.05, 0.1) is 0 Å². The molecule has 2 aliphatic heterocycles. The van der Waals surface area contributed by atoms with Crippen LogP contribution in [0.2, 0.25) is 0 Å². The Morgan fingerprint density at radius 3 is 1.50 bits per heavy atom. The van der Waals surface area contributed by atoms with Crippen molar-refractivity contribution in [3.05, 3.63) is 0 Å². The minimum Gasteiger partial charge on any atom is -0.410 e. The molecule has 2 rings (SSSR count). The average molecular weight is 429 g/mol. The smallest absolute Gasteiger partial charge is 0.340 e. The lowest BCUT2D eigenvalue weighted by molar-refractivity contribution is -0.138. The summed E-state index contributed by atoms with van der Waals surface area (Å²) in [4.78, 5) is 43.5. The number of hydrogen-bond acceptors (Lipinski definition) is 9. The van der Waals surface area contributed by atoms with Crippen LogP contribution in [0.25, 0.3) is 0 Å². The van der Waals surface area contributed by atoms with Gasteiger partial charge < -0.3 is 9.47 Å². The Kier molecular flexibility index (Phi) is 8.12. The molecule has 0 N–H and O–H groups in total. The molecule has 0 atom stereocenters. The maximum absolute atomic E-state index is 11.9. The Labute approximate surface area is 174 Å². The first-order chi connectivity index (χ1) is 13.1. The zero-order valence-corrected chi connectivity index (χ0v) is 18.5. The lowest BCUT2D eigenvalue weighted by Crippen LogP contribution is -2.25. The van der Waals surface area contributed by atoms with E-state index in [-0.39, 0.29) is 17.7 Å². The first kappa shape index (κ1) is 22.9. The molecule has 0 aliphatic carbocycles. The van der Waals surface area contributed by atoms with Crippen LogP contribution in [0.5, 0.6) is 0 Å². The van der Waals surface area contributed by atoms with E-state index in [0.29, 0.717) is 37.5 Å². The van der Waals surface area contributed by atoms with Gasteiger partial charge in [-0.25, -0.2) is 19.6 Å². The molecule has 0 radical (unpaired) electrons. The number of carbonyl (C=O) groups is 3. The average Bonchev–Trinajstić information content (AvgIpc) is 3.00. The van der Waals surface area contributed by atoms with Crippen LogP contribution in [0.1, 0.15) is 53.4 Å². The van der Waals surface area contributed by atoms with Gasteiger partial charge in [0.2, 0.25) is 0 Å². The molecule has 7 nitrogen and oxygen atoms in total. The van der Waals surface area contributed by atoms with E-state index < -0.39 is 11.1 Å². The van der Waals surface area contributed by atoms with Crippen molar-refractivity contribution in [3.63, 3.8) is 0 Å². The summed E-state index contributed by atoms with van der Waals surface area (Å²) in [7, 11) is 0. The van der Waals surface area contributed by atoms with Crippen LogP contribution in [-0.2, 0) is 23.9 Å². The van der Waals surface area contributed by atoms with Crippen LogP contribution in [-0.4, -0.2) is 63.6 Å². The molecule has 0 spiro atoms. The molecule has 0 unspecified atom stereocenters. The van der Waals surface area contributed by atoms with E-state index in [2.05, 4.69) is 9.98 Å². The van der Waals surface area contributed by atoms with Crippen molar-refractivity contribution in [3.8, 4) is 0 Å². The lowest BCUT2D eigenvalue weighted by atomic mass is 10.1. The number of cyclic esters (lactones) is 2. The normalized spacial score (nSPS) is 19.9. The SMILES string of the molecule is CC1(C)N=C(CCSCCC(=O)CCSCCC2=NC(C)(C)C(=O)O2)OC1=O. The number of carbonyl (C=O) groups excluding carboxylic acids is 3. The second-order valence-electron chi connectivity index (χ2n) is 7.67. The highest BCUT2D eigenvalue weighted by Gasteiger charge is 2.37. The number of hydrogen-bond donors (Lipinski definition) is 0. The Bertz CT molecular complexity index is 630. The zero-order valence-electron chi connectivity index (χ0n) is 16.9. The molecule has 0 saturated heterocycles.